The van der Waals surface area contributed by atoms with E-state index in [4.69, 9.17) is 37.0 Å². The van der Waals surface area contributed by atoms with Gasteiger partial charge in [0.25, 0.3) is 0 Å². The van der Waals surface area contributed by atoms with Gasteiger partial charge in [-0.15, -0.1) is 0 Å². The third kappa shape index (κ3) is 62.2. The molecule has 0 aromatic carbocycles. The highest BCUT2D eigenvalue weighted by molar-refractivity contribution is 7.47. The number of phosphoric acid groups is 2. The third-order valence-electron chi connectivity index (χ3n) is 17.2. The Balaban J connectivity index is 5.26. The van der Waals surface area contributed by atoms with Crippen molar-refractivity contribution in [2.75, 3.05) is 39.6 Å². The first kappa shape index (κ1) is 88.1. The predicted molar refractivity (Wildman–Crippen MR) is 363 cm³/mol. The van der Waals surface area contributed by atoms with Crippen LogP contribution in [0.1, 0.15) is 363 Å². The van der Waals surface area contributed by atoms with E-state index < -0.39 is 97.5 Å². The minimum Gasteiger partial charge on any atom is -0.462 e. The Bertz CT molecular complexity index is 1760. The third-order valence-corrected chi connectivity index (χ3v) is 19.1. The number of rotatable bonds is 70. The maximum atomic E-state index is 13.0. The van der Waals surface area contributed by atoms with Crippen molar-refractivity contribution >= 4 is 39.5 Å². The maximum absolute atomic E-state index is 13.0. The van der Waals surface area contributed by atoms with Crippen LogP contribution in [0, 0.1) is 11.8 Å². The zero-order chi connectivity index (χ0) is 66.5. The van der Waals surface area contributed by atoms with E-state index in [9.17, 15) is 43.2 Å². The van der Waals surface area contributed by atoms with Crippen LogP contribution >= 0.6 is 15.6 Å². The van der Waals surface area contributed by atoms with Gasteiger partial charge in [0, 0.05) is 25.7 Å². The molecule has 0 heterocycles. The monoisotopic (exact) mass is 1320 g/mol. The molecular weight excluding hydrogens is 1190 g/mol. The van der Waals surface area contributed by atoms with Gasteiger partial charge in [-0.05, 0) is 37.5 Å². The molecular formula is C71H138O17P2. The summed E-state index contributed by atoms with van der Waals surface area (Å²) in [5, 5.41) is 10.6. The van der Waals surface area contributed by atoms with E-state index in [1.54, 1.807) is 0 Å². The lowest BCUT2D eigenvalue weighted by atomic mass is 9.99. The SMILES string of the molecule is CCCCCCCCCCCCCCC(=O)O[C@H](COC(=O)CCCCCCCCCCCC)COP(=O)(O)OC[C@H](O)COP(=O)(O)OC[C@@H](COC(=O)CCCCCCCCCCCCC(C)CC)OC(=O)CCCCCCCCCCCCC(C)CC. The Morgan fingerprint density at radius 3 is 0.789 bits per heavy atom. The summed E-state index contributed by atoms with van der Waals surface area (Å²) in [6, 6.07) is 0. The lowest BCUT2D eigenvalue weighted by molar-refractivity contribution is -0.161. The van der Waals surface area contributed by atoms with Crippen LogP contribution in [0.4, 0.5) is 0 Å². The fraction of sp³-hybridized carbons (Fsp3) is 0.944. The van der Waals surface area contributed by atoms with Crippen LogP contribution in [-0.4, -0.2) is 96.7 Å². The van der Waals surface area contributed by atoms with Crippen molar-refractivity contribution in [3.8, 4) is 0 Å². The van der Waals surface area contributed by atoms with Crippen molar-refractivity contribution in [3.05, 3.63) is 0 Å². The topological polar surface area (TPSA) is 237 Å². The number of unbranched alkanes of at least 4 members (excludes halogenated alkanes) is 38. The van der Waals surface area contributed by atoms with Gasteiger partial charge in [0.15, 0.2) is 12.2 Å². The van der Waals surface area contributed by atoms with Gasteiger partial charge in [-0.25, -0.2) is 9.13 Å². The van der Waals surface area contributed by atoms with Crippen molar-refractivity contribution in [1.82, 2.24) is 0 Å². The molecule has 0 saturated heterocycles. The Hall–Kier alpha value is -1.94. The van der Waals surface area contributed by atoms with Gasteiger partial charge in [-0.3, -0.25) is 37.3 Å². The van der Waals surface area contributed by atoms with Crippen molar-refractivity contribution < 1.29 is 80.2 Å². The summed E-state index contributed by atoms with van der Waals surface area (Å²) in [7, 11) is -9.90. The molecule has 0 fully saturated rings. The smallest absolute Gasteiger partial charge is 0.462 e. The molecule has 0 spiro atoms. The number of carbonyl (C=O) groups is 4. The fourth-order valence-corrected chi connectivity index (χ4v) is 12.3. The fourth-order valence-electron chi connectivity index (χ4n) is 10.7. The molecule has 0 aliphatic heterocycles. The van der Waals surface area contributed by atoms with E-state index in [-0.39, 0.29) is 25.7 Å². The highest BCUT2D eigenvalue weighted by Crippen LogP contribution is 2.45. The molecule has 4 unspecified atom stereocenters. The number of ether oxygens (including phenoxy) is 4. The molecule has 19 heteroatoms. The molecule has 0 aromatic heterocycles. The van der Waals surface area contributed by atoms with Gasteiger partial charge < -0.3 is 33.8 Å². The van der Waals surface area contributed by atoms with Crippen LogP contribution in [0.5, 0.6) is 0 Å². The Morgan fingerprint density at radius 2 is 0.533 bits per heavy atom. The molecule has 17 nitrogen and oxygen atoms in total. The first-order chi connectivity index (χ1) is 43.4. The summed E-state index contributed by atoms with van der Waals surface area (Å²) in [5.74, 6) is -0.509. The Morgan fingerprint density at radius 1 is 0.311 bits per heavy atom. The van der Waals surface area contributed by atoms with E-state index in [0.29, 0.717) is 25.7 Å². The quantitative estimate of drug-likeness (QED) is 0.0222. The zero-order valence-electron chi connectivity index (χ0n) is 58.4. The highest BCUT2D eigenvalue weighted by atomic mass is 31.2. The van der Waals surface area contributed by atoms with Gasteiger partial charge in [-0.1, -0.05) is 311 Å². The number of phosphoric ester groups is 2. The first-order valence-corrected chi connectivity index (χ1v) is 40.1. The zero-order valence-corrected chi connectivity index (χ0v) is 60.2. The van der Waals surface area contributed by atoms with Crippen LogP contribution in [-0.2, 0) is 65.4 Å². The van der Waals surface area contributed by atoms with Gasteiger partial charge in [0.1, 0.15) is 19.3 Å². The molecule has 0 amide bonds. The maximum Gasteiger partial charge on any atom is 0.472 e. The van der Waals surface area contributed by atoms with Crippen LogP contribution in [0.15, 0.2) is 0 Å². The Labute approximate surface area is 549 Å². The molecule has 0 bridgehead atoms. The summed E-state index contributed by atoms with van der Waals surface area (Å²) in [5.41, 5.74) is 0. The molecule has 0 saturated carbocycles. The predicted octanol–water partition coefficient (Wildman–Crippen LogP) is 20.4. The molecule has 3 N–H and O–H groups in total. The van der Waals surface area contributed by atoms with E-state index >= 15 is 0 Å². The summed E-state index contributed by atoms with van der Waals surface area (Å²) >= 11 is 0. The van der Waals surface area contributed by atoms with Crippen LogP contribution < -0.4 is 0 Å². The molecule has 0 aliphatic carbocycles. The van der Waals surface area contributed by atoms with Crippen LogP contribution in [0.25, 0.3) is 0 Å². The van der Waals surface area contributed by atoms with Crippen LogP contribution in [0.3, 0.4) is 0 Å². The average Bonchev–Trinajstić information content (AvgIpc) is 3.70. The average molecular weight is 1330 g/mol. The number of esters is 4. The summed E-state index contributed by atoms with van der Waals surface area (Å²) in [6.07, 6.45) is 48.2. The number of aliphatic hydroxyl groups is 1. The molecule has 90 heavy (non-hydrogen) atoms. The standard InChI is InChI=1S/C71H138O17P2/c1-7-11-13-15-17-19-21-22-31-37-43-49-55-70(75)87-66(59-81-68(73)53-47-41-35-29-20-18-16-14-12-8-2)61-85-89(77,78)83-57-65(72)58-84-90(79,80)86-62-67(88-71(76)56-50-44-38-32-26-24-28-34-40-46-52-64(6)10-4)60-82-69(74)54-48-42-36-30-25-23-27-33-39-45-51-63(5)9-3/h63-67,72H,7-62H2,1-6H3,(H,77,78)(H,79,80)/t63?,64?,65-,66+,67+/m0/s1. The van der Waals surface area contributed by atoms with E-state index in [2.05, 4.69) is 41.5 Å². The number of aliphatic hydroxyl groups excluding tert-OH is 1. The van der Waals surface area contributed by atoms with E-state index in [1.165, 1.54) is 180 Å². The van der Waals surface area contributed by atoms with Crippen molar-refractivity contribution in [3.63, 3.8) is 0 Å². The van der Waals surface area contributed by atoms with Crippen molar-refractivity contribution in [2.24, 2.45) is 11.8 Å². The van der Waals surface area contributed by atoms with Gasteiger partial charge in [-0.2, -0.15) is 0 Å². The molecule has 7 atom stereocenters. The second-order valence-corrected chi connectivity index (χ2v) is 29.0. The summed E-state index contributed by atoms with van der Waals surface area (Å²) < 4.78 is 68.3. The molecule has 534 valence electrons. The molecule has 0 rings (SSSR count). The van der Waals surface area contributed by atoms with E-state index in [1.807, 2.05) is 0 Å². The lowest BCUT2D eigenvalue weighted by Gasteiger charge is -2.21. The molecule has 0 aliphatic rings. The van der Waals surface area contributed by atoms with Gasteiger partial charge in [0.2, 0.25) is 0 Å². The minimum absolute atomic E-state index is 0.106. The van der Waals surface area contributed by atoms with Crippen molar-refractivity contribution in [2.45, 2.75) is 381 Å². The number of hydrogen-bond donors (Lipinski definition) is 3. The van der Waals surface area contributed by atoms with Gasteiger partial charge in [0.05, 0.1) is 26.4 Å². The van der Waals surface area contributed by atoms with Gasteiger partial charge >= 0.3 is 39.5 Å². The summed E-state index contributed by atoms with van der Waals surface area (Å²) in [4.78, 5) is 72.6. The second kappa shape index (κ2) is 63.1. The minimum atomic E-state index is -4.95. The normalized spacial score (nSPS) is 14.7. The van der Waals surface area contributed by atoms with E-state index in [0.717, 1.165) is 102 Å². The second-order valence-electron chi connectivity index (χ2n) is 26.1. The Kier molecular flexibility index (Phi) is 61.8. The molecule has 0 radical (unpaired) electrons. The van der Waals surface area contributed by atoms with Crippen molar-refractivity contribution in [1.29, 1.82) is 0 Å². The number of hydrogen-bond acceptors (Lipinski definition) is 15. The lowest BCUT2D eigenvalue weighted by Crippen LogP contribution is -2.30. The number of carbonyl (C=O) groups excluding carboxylic acids is 4. The first-order valence-electron chi connectivity index (χ1n) is 37.1. The summed E-state index contributed by atoms with van der Waals surface area (Å²) in [6.45, 7) is 9.60. The highest BCUT2D eigenvalue weighted by Gasteiger charge is 2.30. The van der Waals surface area contributed by atoms with Crippen LogP contribution in [0.2, 0.25) is 0 Å². The largest absolute Gasteiger partial charge is 0.472 e. The molecule has 0 aromatic rings.